The van der Waals surface area contributed by atoms with Crippen LogP contribution in [-0.4, -0.2) is 49.4 Å². The summed E-state index contributed by atoms with van der Waals surface area (Å²) in [5.74, 6) is 0.849. The third kappa shape index (κ3) is 4.24. The number of fused-ring (bicyclic) bond motifs is 1. The summed E-state index contributed by atoms with van der Waals surface area (Å²) < 4.78 is 3.58. The first-order valence-electron chi connectivity index (χ1n) is 10.8. The van der Waals surface area contributed by atoms with Crippen LogP contribution >= 0.6 is 0 Å². The van der Waals surface area contributed by atoms with E-state index in [0.29, 0.717) is 25.4 Å². The van der Waals surface area contributed by atoms with Gasteiger partial charge in [-0.3, -0.25) is 19.2 Å². The van der Waals surface area contributed by atoms with E-state index >= 15 is 0 Å². The van der Waals surface area contributed by atoms with E-state index in [1.165, 1.54) is 12.8 Å². The number of nitrogens with one attached hydrogen (secondary N) is 1. The minimum absolute atomic E-state index is 0.0793. The van der Waals surface area contributed by atoms with Gasteiger partial charge in [-0.15, -0.1) is 5.10 Å². The number of amides is 2. The molecule has 2 aliphatic rings. The SMILES string of the molecule is CCCC(C)(C)Cn1cnc(C(=O)N[C@H]2CCn3nc(C4CC4)cc3N(C)C2=O)n1. The summed E-state index contributed by atoms with van der Waals surface area (Å²) in [6.07, 6.45) is 6.56. The lowest BCUT2D eigenvalue weighted by Gasteiger charge is -2.23. The predicted octanol–water partition coefficient (Wildman–Crippen LogP) is 2.34. The van der Waals surface area contributed by atoms with Gasteiger partial charge in [-0.2, -0.15) is 5.10 Å². The van der Waals surface area contributed by atoms with Gasteiger partial charge in [0.15, 0.2) is 0 Å². The molecule has 162 valence electrons. The fraction of sp³-hybridized carbons (Fsp3) is 0.667. The third-order valence-corrected chi connectivity index (χ3v) is 5.94. The molecule has 0 radical (unpaired) electrons. The molecule has 9 heteroatoms. The predicted molar refractivity (Wildman–Crippen MR) is 112 cm³/mol. The molecule has 30 heavy (non-hydrogen) atoms. The number of nitrogens with zero attached hydrogens (tertiary/aromatic N) is 6. The molecule has 2 amide bonds. The number of aryl methyl sites for hydroxylation is 1. The number of rotatable bonds is 7. The first-order chi connectivity index (χ1) is 14.3. The number of likely N-dealkylation sites (N-methyl/N-ethyl adjacent to an activating group) is 1. The fourth-order valence-electron chi connectivity index (χ4n) is 4.19. The average molecular weight is 414 g/mol. The summed E-state index contributed by atoms with van der Waals surface area (Å²) in [5.41, 5.74) is 1.14. The van der Waals surface area contributed by atoms with Crippen molar-refractivity contribution in [3.05, 3.63) is 23.9 Å². The number of hydrogen-bond acceptors (Lipinski definition) is 5. The molecule has 0 spiro atoms. The van der Waals surface area contributed by atoms with Crippen LogP contribution < -0.4 is 10.2 Å². The molecule has 1 saturated carbocycles. The van der Waals surface area contributed by atoms with Gasteiger partial charge in [-0.25, -0.2) is 9.67 Å². The number of aromatic nitrogens is 5. The van der Waals surface area contributed by atoms with Gasteiger partial charge in [0.1, 0.15) is 18.2 Å². The summed E-state index contributed by atoms with van der Waals surface area (Å²) in [6.45, 7) is 7.78. The number of carbonyl (C=O) groups is 2. The van der Waals surface area contributed by atoms with E-state index < -0.39 is 11.9 Å². The van der Waals surface area contributed by atoms with Crippen molar-refractivity contribution < 1.29 is 9.59 Å². The van der Waals surface area contributed by atoms with E-state index in [9.17, 15) is 9.59 Å². The quantitative estimate of drug-likeness (QED) is 0.751. The van der Waals surface area contributed by atoms with Crippen molar-refractivity contribution in [3.8, 4) is 0 Å². The van der Waals surface area contributed by atoms with Crippen LogP contribution in [0.4, 0.5) is 5.82 Å². The van der Waals surface area contributed by atoms with Crippen LogP contribution in [0.3, 0.4) is 0 Å². The van der Waals surface area contributed by atoms with Gasteiger partial charge in [0.05, 0.1) is 5.69 Å². The minimum Gasteiger partial charge on any atom is -0.337 e. The molecule has 2 aromatic heterocycles. The third-order valence-electron chi connectivity index (χ3n) is 5.94. The topological polar surface area (TPSA) is 97.9 Å². The van der Waals surface area contributed by atoms with Crippen LogP contribution in [-0.2, 0) is 17.9 Å². The van der Waals surface area contributed by atoms with Crippen LogP contribution in [0.15, 0.2) is 12.4 Å². The molecular formula is C21H31N7O2. The number of anilines is 1. The van der Waals surface area contributed by atoms with Crippen molar-refractivity contribution in [1.29, 1.82) is 0 Å². The molecule has 0 saturated heterocycles. The standard InChI is InChI=1S/C21H31N7O2/c1-5-9-21(2,3)12-27-13-22-18(25-27)19(29)23-15-8-10-28-17(26(4)20(15)30)11-16(24-28)14-6-7-14/h11,13-15H,5-10,12H2,1-4H3,(H,23,29)/t15-/m0/s1. The molecule has 0 bridgehead atoms. The van der Waals surface area contributed by atoms with Gasteiger partial charge >= 0.3 is 0 Å². The molecule has 1 N–H and O–H groups in total. The molecule has 0 aromatic carbocycles. The zero-order valence-corrected chi connectivity index (χ0v) is 18.3. The van der Waals surface area contributed by atoms with Crippen molar-refractivity contribution in [1.82, 2.24) is 29.9 Å². The molecule has 0 unspecified atom stereocenters. The first kappa shape index (κ1) is 20.6. The average Bonchev–Trinajstić information content (AvgIpc) is 3.31. The largest absolute Gasteiger partial charge is 0.337 e. The van der Waals surface area contributed by atoms with Crippen molar-refractivity contribution >= 4 is 17.6 Å². The van der Waals surface area contributed by atoms with Crippen LogP contribution in [0.2, 0.25) is 0 Å². The molecule has 4 rings (SSSR count). The minimum atomic E-state index is -0.628. The second-order valence-electron chi connectivity index (χ2n) is 9.32. The molecule has 1 aliphatic carbocycles. The van der Waals surface area contributed by atoms with Crippen molar-refractivity contribution in [2.24, 2.45) is 5.41 Å². The highest BCUT2D eigenvalue weighted by atomic mass is 16.2. The van der Waals surface area contributed by atoms with E-state index in [1.54, 1.807) is 23.0 Å². The summed E-state index contributed by atoms with van der Waals surface area (Å²) >= 11 is 0. The van der Waals surface area contributed by atoms with Crippen molar-refractivity contribution in [2.45, 2.75) is 77.9 Å². The van der Waals surface area contributed by atoms with E-state index in [2.05, 4.69) is 41.3 Å². The molecule has 1 aliphatic heterocycles. The van der Waals surface area contributed by atoms with Gasteiger partial charge in [0, 0.05) is 32.1 Å². The lowest BCUT2D eigenvalue weighted by Crippen LogP contribution is -2.47. The second kappa shape index (κ2) is 7.85. The maximum absolute atomic E-state index is 13.0. The van der Waals surface area contributed by atoms with Gasteiger partial charge in [0.25, 0.3) is 11.8 Å². The lowest BCUT2D eigenvalue weighted by molar-refractivity contribution is -0.120. The highest BCUT2D eigenvalue weighted by molar-refractivity contribution is 6.00. The van der Waals surface area contributed by atoms with Gasteiger partial charge in [-0.1, -0.05) is 27.2 Å². The van der Waals surface area contributed by atoms with Crippen LogP contribution in [0, 0.1) is 5.41 Å². The Morgan fingerprint density at radius 2 is 2.03 bits per heavy atom. The zero-order chi connectivity index (χ0) is 21.5. The Morgan fingerprint density at radius 1 is 1.27 bits per heavy atom. The molecule has 3 heterocycles. The van der Waals surface area contributed by atoms with Crippen LogP contribution in [0.25, 0.3) is 0 Å². The summed E-state index contributed by atoms with van der Waals surface area (Å²) in [7, 11) is 1.74. The highest BCUT2D eigenvalue weighted by Gasteiger charge is 2.34. The number of carbonyl (C=O) groups excluding carboxylic acids is 2. The molecular weight excluding hydrogens is 382 g/mol. The summed E-state index contributed by atoms with van der Waals surface area (Å²) in [6, 6.07) is 1.37. The van der Waals surface area contributed by atoms with E-state index in [4.69, 9.17) is 0 Å². The Morgan fingerprint density at radius 3 is 2.73 bits per heavy atom. The smallest absolute Gasteiger partial charge is 0.291 e. The van der Waals surface area contributed by atoms with Crippen molar-refractivity contribution in [2.75, 3.05) is 11.9 Å². The Balaban J connectivity index is 1.41. The molecule has 2 aromatic rings. The van der Waals surface area contributed by atoms with E-state index in [0.717, 1.165) is 24.4 Å². The zero-order valence-electron chi connectivity index (χ0n) is 18.3. The lowest BCUT2D eigenvalue weighted by atomic mass is 9.88. The monoisotopic (exact) mass is 413 g/mol. The Hall–Kier alpha value is -2.71. The fourth-order valence-corrected chi connectivity index (χ4v) is 4.19. The van der Waals surface area contributed by atoms with Crippen LogP contribution in [0.5, 0.6) is 0 Å². The molecule has 1 atom stereocenters. The molecule has 1 fully saturated rings. The number of hydrogen-bond donors (Lipinski definition) is 1. The summed E-state index contributed by atoms with van der Waals surface area (Å²) in [5, 5.41) is 11.8. The second-order valence-corrected chi connectivity index (χ2v) is 9.32. The maximum atomic E-state index is 13.0. The normalized spacial score (nSPS) is 19.5. The van der Waals surface area contributed by atoms with Gasteiger partial charge in [-0.05, 0) is 31.1 Å². The highest BCUT2D eigenvalue weighted by Crippen LogP contribution is 2.40. The Kier molecular flexibility index (Phi) is 5.38. The Bertz CT molecular complexity index is 941. The first-order valence-corrected chi connectivity index (χ1v) is 10.8. The Labute approximate surface area is 176 Å². The van der Waals surface area contributed by atoms with E-state index in [-0.39, 0.29) is 17.1 Å². The van der Waals surface area contributed by atoms with Crippen LogP contribution in [0.1, 0.15) is 75.1 Å². The van der Waals surface area contributed by atoms with Gasteiger partial charge < -0.3 is 5.32 Å². The molecule has 9 nitrogen and oxygen atoms in total. The van der Waals surface area contributed by atoms with Gasteiger partial charge in [0.2, 0.25) is 5.82 Å². The summed E-state index contributed by atoms with van der Waals surface area (Å²) in [4.78, 5) is 31.4. The maximum Gasteiger partial charge on any atom is 0.291 e. The van der Waals surface area contributed by atoms with Crippen molar-refractivity contribution in [3.63, 3.8) is 0 Å². The van der Waals surface area contributed by atoms with E-state index in [1.807, 2.05) is 10.7 Å².